The lowest BCUT2D eigenvalue weighted by Crippen LogP contribution is -2.18. The van der Waals surface area contributed by atoms with Gasteiger partial charge in [0.05, 0.1) is 11.3 Å². The standard InChI is InChI=1S/C20H22FN5OS/c1-3-13-8-7-9-14(4-2)18(13)23-17(27)12-28-20-25-24-19(26(20)22)15-10-5-6-11-16(15)21/h5-11H,3-4,12,22H2,1-2H3,(H,23,27). The van der Waals surface area contributed by atoms with Gasteiger partial charge in [-0.1, -0.05) is 55.9 Å². The summed E-state index contributed by atoms with van der Waals surface area (Å²) in [6.07, 6.45) is 1.67. The third-order valence-electron chi connectivity index (χ3n) is 4.37. The van der Waals surface area contributed by atoms with Gasteiger partial charge in [-0.2, -0.15) is 0 Å². The van der Waals surface area contributed by atoms with Crippen LogP contribution in [0.15, 0.2) is 47.6 Å². The van der Waals surface area contributed by atoms with Crippen LogP contribution in [0.25, 0.3) is 11.4 Å². The summed E-state index contributed by atoms with van der Waals surface area (Å²) in [5, 5.41) is 11.3. The number of para-hydroxylation sites is 1. The molecule has 0 aliphatic rings. The highest BCUT2D eigenvalue weighted by atomic mass is 32.2. The summed E-state index contributed by atoms with van der Waals surface area (Å²) >= 11 is 1.15. The van der Waals surface area contributed by atoms with Gasteiger partial charge in [0, 0.05) is 5.69 Å². The van der Waals surface area contributed by atoms with Crippen LogP contribution in [0, 0.1) is 5.82 Å². The number of amides is 1. The molecule has 3 aromatic rings. The number of carbonyl (C=O) groups excluding carboxylic acids is 1. The minimum Gasteiger partial charge on any atom is -0.335 e. The average molecular weight is 399 g/mol. The van der Waals surface area contributed by atoms with E-state index in [4.69, 9.17) is 5.84 Å². The number of nitrogens with zero attached hydrogens (tertiary/aromatic N) is 3. The Balaban J connectivity index is 1.71. The number of thioether (sulfide) groups is 1. The number of carbonyl (C=O) groups is 1. The molecule has 28 heavy (non-hydrogen) atoms. The fourth-order valence-electron chi connectivity index (χ4n) is 2.91. The van der Waals surface area contributed by atoms with Crippen LogP contribution in [-0.4, -0.2) is 26.5 Å². The molecule has 0 unspecified atom stereocenters. The zero-order valence-electron chi connectivity index (χ0n) is 15.8. The fourth-order valence-corrected chi connectivity index (χ4v) is 3.57. The van der Waals surface area contributed by atoms with Crippen molar-refractivity contribution in [2.75, 3.05) is 16.9 Å². The van der Waals surface area contributed by atoms with Gasteiger partial charge in [0.2, 0.25) is 11.1 Å². The van der Waals surface area contributed by atoms with E-state index >= 15 is 0 Å². The van der Waals surface area contributed by atoms with E-state index in [1.165, 1.54) is 10.7 Å². The van der Waals surface area contributed by atoms with E-state index in [2.05, 4.69) is 29.4 Å². The highest BCUT2D eigenvalue weighted by Gasteiger charge is 2.17. The van der Waals surface area contributed by atoms with E-state index in [1.807, 2.05) is 18.2 Å². The molecule has 6 nitrogen and oxygen atoms in total. The van der Waals surface area contributed by atoms with Gasteiger partial charge in [-0.15, -0.1) is 10.2 Å². The second-order valence-corrected chi connectivity index (χ2v) is 7.09. The third kappa shape index (κ3) is 4.17. The van der Waals surface area contributed by atoms with Crippen molar-refractivity contribution in [1.82, 2.24) is 14.9 Å². The van der Waals surface area contributed by atoms with E-state index in [1.54, 1.807) is 18.2 Å². The van der Waals surface area contributed by atoms with Crippen LogP contribution in [-0.2, 0) is 17.6 Å². The van der Waals surface area contributed by atoms with Crippen molar-refractivity contribution in [1.29, 1.82) is 0 Å². The average Bonchev–Trinajstić information content (AvgIpc) is 3.07. The first-order chi connectivity index (χ1) is 13.5. The Morgan fingerprint density at radius 2 is 1.79 bits per heavy atom. The number of aryl methyl sites for hydroxylation is 2. The van der Waals surface area contributed by atoms with Crippen molar-refractivity contribution >= 4 is 23.4 Å². The molecular formula is C20H22FN5OS. The molecular weight excluding hydrogens is 377 g/mol. The van der Waals surface area contributed by atoms with Crippen LogP contribution in [0.1, 0.15) is 25.0 Å². The SMILES string of the molecule is CCc1cccc(CC)c1NC(=O)CSc1nnc(-c2ccccc2F)n1N. The summed E-state index contributed by atoms with van der Waals surface area (Å²) in [5.74, 6) is 5.75. The van der Waals surface area contributed by atoms with E-state index in [9.17, 15) is 9.18 Å². The first-order valence-corrected chi connectivity index (χ1v) is 10.0. The van der Waals surface area contributed by atoms with Gasteiger partial charge in [-0.3, -0.25) is 4.79 Å². The summed E-state index contributed by atoms with van der Waals surface area (Å²) in [6.45, 7) is 4.11. The van der Waals surface area contributed by atoms with Crippen molar-refractivity contribution in [2.24, 2.45) is 0 Å². The Morgan fingerprint density at radius 1 is 1.11 bits per heavy atom. The molecule has 0 bridgehead atoms. The summed E-state index contributed by atoms with van der Waals surface area (Å²) in [4.78, 5) is 12.5. The second-order valence-electron chi connectivity index (χ2n) is 6.15. The molecule has 1 amide bonds. The van der Waals surface area contributed by atoms with Crippen LogP contribution in [0.3, 0.4) is 0 Å². The van der Waals surface area contributed by atoms with Crippen molar-refractivity contribution in [3.63, 3.8) is 0 Å². The largest absolute Gasteiger partial charge is 0.335 e. The topological polar surface area (TPSA) is 85.8 Å². The molecule has 0 aliphatic heterocycles. The quantitative estimate of drug-likeness (QED) is 0.468. The number of nitrogen functional groups attached to an aromatic ring is 1. The number of benzene rings is 2. The number of aromatic nitrogens is 3. The molecule has 0 fully saturated rings. The number of hydrogen-bond acceptors (Lipinski definition) is 5. The van der Waals surface area contributed by atoms with Crippen LogP contribution in [0.4, 0.5) is 10.1 Å². The summed E-state index contributed by atoms with van der Waals surface area (Å²) < 4.78 is 15.2. The molecule has 0 aliphatic carbocycles. The predicted molar refractivity (Wildman–Crippen MR) is 110 cm³/mol. The van der Waals surface area contributed by atoms with Crippen molar-refractivity contribution in [3.8, 4) is 11.4 Å². The Kier molecular flexibility index (Phi) is 6.30. The zero-order chi connectivity index (χ0) is 20.1. The van der Waals surface area contributed by atoms with Crippen LogP contribution in [0.5, 0.6) is 0 Å². The Bertz CT molecular complexity index is 966. The minimum absolute atomic E-state index is 0.119. The maximum atomic E-state index is 14.0. The van der Waals surface area contributed by atoms with Gasteiger partial charge in [0.15, 0.2) is 5.82 Å². The van der Waals surface area contributed by atoms with Crippen LogP contribution < -0.4 is 11.2 Å². The second kappa shape index (κ2) is 8.88. The highest BCUT2D eigenvalue weighted by Crippen LogP contribution is 2.25. The molecule has 0 saturated heterocycles. The van der Waals surface area contributed by atoms with Gasteiger partial charge in [0.1, 0.15) is 5.82 Å². The summed E-state index contributed by atoms with van der Waals surface area (Å²) in [5.41, 5.74) is 3.33. The molecule has 146 valence electrons. The fraction of sp³-hybridized carbons (Fsp3) is 0.250. The van der Waals surface area contributed by atoms with E-state index in [-0.39, 0.29) is 23.0 Å². The van der Waals surface area contributed by atoms with Crippen LogP contribution in [0.2, 0.25) is 0 Å². The molecule has 3 rings (SSSR count). The molecule has 0 spiro atoms. The Labute approximate surface area is 167 Å². The number of nitrogens with one attached hydrogen (secondary N) is 1. The predicted octanol–water partition coefficient (Wildman–Crippen LogP) is 3.65. The minimum atomic E-state index is -0.431. The number of anilines is 1. The molecule has 0 saturated carbocycles. The lowest BCUT2D eigenvalue weighted by molar-refractivity contribution is -0.113. The van der Waals surface area contributed by atoms with E-state index in [0.29, 0.717) is 5.16 Å². The molecule has 0 radical (unpaired) electrons. The molecule has 2 aromatic carbocycles. The molecule has 1 heterocycles. The third-order valence-corrected chi connectivity index (χ3v) is 5.32. The van der Waals surface area contributed by atoms with Gasteiger partial charge in [-0.25, -0.2) is 9.07 Å². The number of hydrogen-bond donors (Lipinski definition) is 2. The van der Waals surface area contributed by atoms with Crippen molar-refractivity contribution in [2.45, 2.75) is 31.8 Å². The normalized spacial score (nSPS) is 10.8. The number of rotatable bonds is 7. The first kappa shape index (κ1) is 19.9. The molecule has 8 heteroatoms. The van der Waals surface area contributed by atoms with Gasteiger partial charge in [-0.05, 0) is 36.1 Å². The molecule has 0 atom stereocenters. The zero-order valence-corrected chi connectivity index (χ0v) is 16.6. The lowest BCUT2D eigenvalue weighted by Gasteiger charge is -2.14. The highest BCUT2D eigenvalue weighted by molar-refractivity contribution is 7.99. The number of halogens is 1. The Morgan fingerprint density at radius 3 is 2.43 bits per heavy atom. The van der Waals surface area contributed by atoms with Gasteiger partial charge < -0.3 is 11.2 Å². The van der Waals surface area contributed by atoms with Gasteiger partial charge >= 0.3 is 0 Å². The van der Waals surface area contributed by atoms with Crippen LogP contribution >= 0.6 is 11.8 Å². The first-order valence-electron chi connectivity index (χ1n) is 9.03. The van der Waals surface area contributed by atoms with E-state index in [0.717, 1.165) is 41.4 Å². The Hall–Kier alpha value is -2.87. The molecule has 3 N–H and O–H groups in total. The van der Waals surface area contributed by atoms with E-state index < -0.39 is 5.82 Å². The smallest absolute Gasteiger partial charge is 0.234 e. The number of nitrogens with two attached hydrogens (primary N) is 1. The monoisotopic (exact) mass is 399 g/mol. The van der Waals surface area contributed by atoms with Crippen molar-refractivity contribution < 1.29 is 9.18 Å². The summed E-state index contributed by atoms with van der Waals surface area (Å²) in [7, 11) is 0. The van der Waals surface area contributed by atoms with Gasteiger partial charge in [0.25, 0.3) is 0 Å². The maximum Gasteiger partial charge on any atom is 0.234 e. The summed E-state index contributed by atoms with van der Waals surface area (Å²) in [6, 6.07) is 12.2. The maximum absolute atomic E-state index is 14.0. The van der Waals surface area contributed by atoms with Crippen molar-refractivity contribution in [3.05, 3.63) is 59.4 Å². The lowest BCUT2D eigenvalue weighted by atomic mass is 10.0. The molecule has 1 aromatic heterocycles.